The molecule has 10 heavy (non-hydrogen) atoms. The molecule has 1 rings (SSSR count). The summed E-state index contributed by atoms with van der Waals surface area (Å²) in [4.78, 5) is 14.6. The fraction of sp³-hybridized carbons (Fsp3) is 0.800. The topological polar surface area (TPSA) is 75.8 Å². The second kappa shape index (κ2) is 2.96. The van der Waals surface area contributed by atoms with Crippen molar-refractivity contribution < 1.29 is 14.8 Å². The molecule has 0 aliphatic carbocycles. The molecule has 0 spiro atoms. The number of hydrogen-bond acceptors (Lipinski definition) is 5. The summed E-state index contributed by atoms with van der Waals surface area (Å²) in [6.07, 6.45) is 1.42. The Kier molecular flexibility index (Phi) is 2.21. The number of nitrogens with zero attached hydrogens (tertiary/aromatic N) is 1. The molecular formula is C5H10N2O3. The highest BCUT2D eigenvalue weighted by atomic mass is 16.7. The molecule has 5 heteroatoms. The zero-order valence-electron chi connectivity index (χ0n) is 5.49. The molecule has 58 valence electrons. The lowest BCUT2D eigenvalue weighted by Crippen LogP contribution is -2.35. The van der Waals surface area contributed by atoms with Gasteiger partial charge < -0.3 is 10.0 Å². The van der Waals surface area contributed by atoms with Gasteiger partial charge in [-0.1, -0.05) is 0 Å². The fourth-order valence-electron chi connectivity index (χ4n) is 1.07. The standard InChI is InChI=1S/C5H10N2O3/c6-10-5(8)4-2-1-3-7(4)9/h4,9H,1-3,6H2/t4-/m0/s1. The van der Waals surface area contributed by atoms with Crippen LogP contribution in [0.5, 0.6) is 0 Å². The van der Waals surface area contributed by atoms with E-state index < -0.39 is 12.0 Å². The van der Waals surface area contributed by atoms with E-state index >= 15 is 0 Å². The number of hydrogen-bond donors (Lipinski definition) is 2. The van der Waals surface area contributed by atoms with Crippen molar-refractivity contribution >= 4 is 5.97 Å². The van der Waals surface area contributed by atoms with Crippen molar-refractivity contribution in [2.45, 2.75) is 18.9 Å². The SMILES string of the molecule is NOC(=O)[C@@H]1CCCN1O. The van der Waals surface area contributed by atoms with E-state index in [0.29, 0.717) is 13.0 Å². The minimum atomic E-state index is -0.569. The molecule has 0 aromatic carbocycles. The van der Waals surface area contributed by atoms with Crippen molar-refractivity contribution in [1.29, 1.82) is 0 Å². The number of carbonyl (C=O) groups is 1. The zero-order chi connectivity index (χ0) is 7.56. The Morgan fingerprint density at radius 2 is 2.50 bits per heavy atom. The minimum absolute atomic E-state index is 0.514. The Bertz CT molecular complexity index is 139. The van der Waals surface area contributed by atoms with Crippen LogP contribution < -0.4 is 5.90 Å². The second-order valence-electron chi connectivity index (χ2n) is 2.26. The van der Waals surface area contributed by atoms with Gasteiger partial charge in [-0.3, -0.25) is 0 Å². The van der Waals surface area contributed by atoms with Crippen LogP contribution in [0.15, 0.2) is 0 Å². The summed E-state index contributed by atoms with van der Waals surface area (Å²) in [6, 6.07) is -0.551. The first-order valence-corrected chi connectivity index (χ1v) is 3.12. The molecule has 0 amide bonds. The summed E-state index contributed by atoms with van der Waals surface area (Å²) >= 11 is 0. The molecule has 0 radical (unpaired) electrons. The first-order chi connectivity index (χ1) is 4.75. The van der Waals surface area contributed by atoms with Crippen LogP contribution in [0.1, 0.15) is 12.8 Å². The summed E-state index contributed by atoms with van der Waals surface area (Å²) in [6.45, 7) is 0.514. The van der Waals surface area contributed by atoms with Crippen molar-refractivity contribution in [1.82, 2.24) is 5.06 Å². The first kappa shape index (κ1) is 7.46. The molecule has 0 bridgehead atoms. The normalized spacial score (nSPS) is 26.8. The molecule has 3 N–H and O–H groups in total. The van der Waals surface area contributed by atoms with Gasteiger partial charge in [0.15, 0.2) is 0 Å². The maximum Gasteiger partial charge on any atom is 0.344 e. The molecule has 5 nitrogen and oxygen atoms in total. The molecule has 0 aromatic rings. The Labute approximate surface area is 58.3 Å². The first-order valence-electron chi connectivity index (χ1n) is 3.12. The number of nitrogens with two attached hydrogens (primary N) is 1. The molecule has 1 atom stereocenters. The molecule has 1 heterocycles. The van der Waals surface area contributed by atoms with Gasteiger partial charge in [0.25, 0.3) is 0 Å². The van der Waals surface area contributed by atoms with E-state index in [4.69, 9.17) is 5.21 Å². The maximum absolute atomic E-state index is 10.7. The molecule has 1 aliphatic heterocycles. The lowest BCUT2D eigenvalue weighted by Gasteiger charge is -2.13. The average Bonchev–Trinajstić information content (AvgIpc) is 2.34. The highest BCUT2D eigenvalue weighted by molar-refractivity contribution is 5.75. The van der Waals surface area contributed by atoms with E-state index in [1.165, 1.54) is 0 Å². The van der Waals surface area contributed by atoms with E-state index in [1.807, 2.05) is 0 Å². The summed E-state index contributed by atoms with van der Waals surface area (Å²) in [5.74, 6) is 4.06. The lowest BCUT2D eigenvalue weighted by molar-refractivity contribution is -0.167. The van der Waals surface area contributed by atoms with Gasteiger partial charge in [0.05, 0.1) is 0 Å². The third-order valence-electron chi connectivity index (χ3n) is 1.61. The third-order valence-corrected chi connectivity index (χ3v) is 1.61. The van der Waals surface area contributed by atoms with Crippen molar-refractivity contribution in [3.63, 3.8) is 0 Å². The number of hydroxylamine groups is 2. The van der Waals surface area contributed by atoms with Crippen LogP contribution in [0.25, 0.3) is 0 Å². The maximum atomic E-state index is 10.7. The summed E-state index contributed by atoms with van der Waals surface area (Å²) in [5, 5.41) is 9.92. The van der Waals surface area contributed by atoms with E-state index in [0.717, 1.165) is 11.5 Å². The van der Waals surface area contributed by atoms with Gasteiger partial charge >= 0.3 is 5.97 Å². The predicted molar refractivity (Wildman–Crippen MR) is 31.8 cm³/mol. The van der Waals surface area contributed by atoms with Crippen LogP contribution in [-0.4, -0.2) is 28.8 Å². The van der Waals surface area contributed by atoms with Crippen molar-refractivity contribution in [2.24, 2.45) is 5.90 Å². The quantitative estimate of drug-likeness (QED) is 0.476. The summed E-state index contributed by atoms with van der Waals surface area (Å²) in [7, 11) is 0. The molecule has 1 aliphatic rings. The van der Waals surface area contributed by atoms with E-state index in [1.54, 1.807) is 0 Å². The average molecular weight is 146 g/mol. The third kappa shape index (κ3) is 1.26. The Morgan fingerprint density at radius 1 is 1.80 bits per heavy atom. The van der Waals surface area contributed by atoms with Gasteiger partial charge in [0.1, 0.15) is 6.04 Å². The van der Waals surface area contributed by atoms with Crippen molar-refractivity contribution in [3.8, 4) is 0 Å². The van der Waals surface area contributed by atoms with Crippen LogP contribution in [0.2, 0.25) is 0 Å². The van der Waals surface area contributed by atoms with Gasteiger partial charge in [-0.2, -0.15) is 11.0 Å². The molecule has 0 saturated carbocycles. The fourth-order valence-corrected chi connectivity index (χ4v) is 1.07. The van der Waals surface area contributed by atoms with Gasteiger partial charge in [0, 0.05) is 6.54 Å². The van der Waals surface area contributed by atoms with Gasteiger partial charge in [-0.05, 0) is 12.8 Å². The predicted octanol–water partition coefficient (Wildman–Crippen LogP) is -0.743. The van der Waals surface area contributed by atoms with Gasteiger partial charge in [0.2, 0.25) is 0 Å². The van der Waals surface area contributed by atoms with E-state index in [-0.39, 0.29) is 0 Å². The summed E-state index contributed by atoms with van der Waals surface area (Å²) in [5.41, 5.74) is 0. The van der Waals surface area contributed by atoms with Crippen LogP contribution in [0.4, 0.5) is 0 Å². The molecule has 0 aromatic heterocycles. The number of rotatable bonds is 1. The zero-order valence-corrected chi connectivity index (χ0v) is 5.49. The summed E-state index contributed by atoms with van der Waals surface area (Å²) < 4.78 is 0. The van der Waals surface area contributed by atoms with E-state index in [2.05, 4.69) is 10.7 Å². The molecule has 0 unspecified atom stereocenters. The molecule has 1 fully saturated rings. The monoisotopic (exact) mass is 146 g/mol. The van der Waals surface area contributed by atoms with Crippen molar-refractivity contribution in [2.75, 3.05) is 6.54 Å². The Morgan fingerprint density at radius 3 is 2.90 bits per heavy atom. The minimum Gasteiger partial charge on any atom is -0.372 e. The van der Waals surface area contributed by atoms with Crippen molar-refractivity contribution in [3.05, 3.63) is 0 Å². The van der Waals surface area contributed by atoms with Gasteiger partial charge in [-0.25, -0.2) is 4.79 Å². The van der Waals surface area contributed by atoms with Crippen LogP contribution in [0.3, 0.4) is 0 Å². The highest BCUT2D eigenvalue weighted by Gasteiger charge is 2.30. The smallest absolute Gasteiger partial charge is 0.344 e. The highest BCUT2D eigenvalue weighted by Crippen LogP contribution is 2.14. The van der Waals surface area contributed by atoms with E-state index in [9.17, 15) is 4.79 Å². The Hall–Kier alpha value is -0.650. The van der Waals surface area contributed by atoms with Gasteiger partial charge in [-0.15, -0.1) is 0 Å². The van der Waals surface area contributed by atoms with Crippen LogP contribution >= 0.6 is 0 Å². The lowest BCUT2D eigenvalue weighted by atomic mass is 10.2. The largest absolute Gasteiger partial charge is 0.372 e. The second-order valence-corrected chi connectivity index (χ2v) is 2.26. The molecule has 1 saturated heterocycles. The van der Waals surface area contributed by atoms with Crippen LogP contribution in [-0.2, 0) is 9.63 Å². The van der Waals surface area contributed by atoms with Crippen LogP contribution in [0, 0.1) is 0 Å². The molecular weight excluding hydrogens is 136 g/mol. The number of carbonyl (C=O) groups excluding carboxylic acids is 1. The Balaban J connectivity index is 2.46.